The Kier molecular flexibility index (Phi) is 16.5. The standard InChI is InChI=1S/C50H58N5O13P/c1-32(2)54(33(3)4)69(66-24-12-23-51)68-45-27-47(52-28-34(5)48(56)53(49(52)57)30-62-35(6)41-25-43-44(64-31-63-43)26-42(41)55(58)59)67-46(45)29-65-50(36-13-10-9-11-14-36,37-15-19-39(60-7)20-16-37)38-17-21-40(61-8)22-18-38/h9-11,13-22,25-26,28,32-33,35,45-47H,12,24,27,29-31H2,1-8H3/t35?,45-,46+,47+,69?/m0/s1. The lowest BCUT2D eigenvalue weighted by molar-refractivity contribution is -0.386. The molecule has 2 unspecified atom stereocenters. The Morgan fingerprint density at radius 3 is 2.06 bits per heavy atom. The fraction of sp³-hybridized carbons (Fsp3) is 0.420. The van der Waals surface area contributed by atoms with Gasteiger partial charge in [0.15, 0.2) is 11.5 Å². The summed E-state index contributed by atoms with van der Waals surface area (Å²) in [6, 6.07) is 29.9. The molecule has 69 heavy (non-hydrogen) atoms. The van der Waals surface area contributed by atoms with Gasteiger partial charge in [0, 0.05) is 30.3 Å². The van der Waals surface area contributed by atoms with E-state index < -0.39 is 61.6 Å². The molecule has 0 bridgehead atoms. The average molecular weight is 968 g/mol. The van der Waals surface area contributed by atoms with E-state index in [2.05, 4.69) is 10.7 Å². The van der Waals surface area contributed by atoms with Gasteiger partial charge < -0.3 is 42.2 Å². The monoisotopic (exact) mass is 967 g/mol. The number of aromatic nitrogens is 2. The number of nitriles is 1. The van der Waals surface area contributed by atoms with Crippen molar-refractivity contribution in [3.8, 4) is 29.1 Å². The van der Waals surface area contributed by atoms with Gasteiger partial charge in [0.25, 0.3) is 19.8 Å². The van der Waals surface area contributed by atoms with Crippen molar-refractivity contribution in [2.24, 2.45) is 0 Å². The van der Waals surface area contributed by atoms with Crippen molar-refractivity contribution in [1.82, 2.24) is 13.8 Å². The third-order valence-corrected chi connectivity index (χ3v) is 14.1. The van der Waals surface area contributed by atoms with Gasteiger partial charge in [0.2, 0.25) is 6.79 Å². The molecule has 2 aliphatic rings. The number of fused-ring (bicyclic) bond motifs is 1. The first-order chi connectivity index (χ1) is 33.2. The number of aryl methyl sites for hydroxylation is 1. The van der Waals surface area contributed by atoms with Crippen molar-refractivity contribution in [2.45, 2.75) is 103 Å². The maximum Gasteiger partial charge on any atom is 0.335 e. The van der Waals surface area contributed by atoms with E-state index in [4.69, 9.17) is 42.2 Å². The summed E-state index contributed by atoms with van der Waals surface area (Å²) in [5, 5.41) is 21.5. The first-order valence-corrected chi connectivity index (χ1v) is 23.7. The van der Waals surface area contributed by atoms with Gasteiger partial charge in [-0.3, -0.25) is 19.5 Å². The minimum absolute atomic E-state index is 0.0165. The van der Waals surface area contributed by atoms with Crippen molar-refractivity contribution in [3.63, 3.8) is 0 Å². The van der Waals surface area contributed by atoms with Crippen LogP contribution in [0.2, 0.25) is 0 Å². The maximum absolute atomic E-state index is 14.5. The molecule has 1 aromatic heterocycles. The number of benzene rings is 4. The van der Waals surface area contributed by atoms with Gasteiger partial charge in [-0.05, 0) is 88.6 Å². The van der Waals surface area contributed by atoms with Crippen molar-refractivity contribution in [1.29, 1.82) is 5.26 Å². The minimum Gasteiger partial charge on any atom is -0.497 e. The zero-order valence-corrected chi connectivity index (χ0v) is 40.8. The van der Waals surface area contributed by atoms with Gasteiger partial charge in [0.05, 0.1) is 68.7 Å². The van der Waals surface area contributed by atoms with Crippen molar-refractivity contribution < 1.29 is 47.1 Å². The van der Waals surface area contributed by atoms with Crippen LogP contribution in [0.3, 0.4) is 0 Å². The number of rotatable bonds is 22. The first kappa shape index (κ1) is 50.7. The summed E-state index contributed by atoms with van der Waals surface area (Å²) in [5.41, 5.74) is -0.0543. The van der Waals surface area contributed by atoms with Crippen LogP contribution < -0.4 is 30.2 Å². The number of nitro benzene ring substituents is 1. The molecule has 19 heteroatoms. The van der Waals surface area contributed by atoms with Gasteiger partial charge in [-0.15, -0.1) is 0 Å². The lowest BCUT2D eigenvalue weighted by Gasteiger charge is -2.39. The molecule has 0 saturated carbocycles. The molecule has 0 aliphatic carbocycles. The van der Waals surface area contributed by atoms with Crippen LogP contribution in [0.15, 0.2) is 107 Å². The number of nitrogens with zero attached hydrogens (tertiary/aromatic N) is 5. The largest absolute Gasteiger partial charge is 0.497 e. The highest BCUT2D eigenvalue weighted by Gasteiger charge is 2.45. The van der Waals surface area contributed by atoms with Crippen LogP contribution in [-0.2, 0) is 35.6 Å². The van der Waals surface area contributed by atoms with Crippen molar-refractivity contribution in [2.75, 3.05) is 34.2 Å². The SMILES string of the molecule is COc1ccc(C(OC[C@H]2O[C@@H](n3cc(C)c(=O)n(COC(C)c4cc5c(cc4[N+](=O)[O-])OCO5)c3=O)C[C@@H]2OP(OCCC#N)N(C(C)C)C(C)C)(c2ccccc2)c2ccc(OC)cc2)cc1. The number of hydrogen-bond donors (Lipinski definition) is 0. The highest BCUT2D eigenvalue weighted by atomic mass is 31.2. The zero-order valence-electron chi connectivity index (χ0n) is 39.9. The van der Waals surface area contributed by atoms with Crippen molar-refractivity contribution >= 4 is 14.2 Å². The van der Waals surface area contributed by atoms with Gasteiger partial charge in [-0.1, -0.05) is 54.6 Å². The Hall–Kier alpha value is -6.16. The number of nitro groups is 1. The van der Waals surface area contributed by atoms with Crippen molar-refractivity contribution in [3.05, 3.63) is 156 Å². The summed E-state index contributed by atoms with van der Waals surface area (Å²) >= 11 is 0. The lowest BCUT2D eigenvalue weighted by Crippen LogP contribution is -2.42. The van der Waals surface area contributed by atoms with Crippen LogP contribution in [-0.4, -0.2) is 77.2 Å². The van der Waals surface area contributed by atoms with E-state index in [-0.39, 0.29) is 67.5 Å². The Labute approximate surface area is 401 Å². The third-order valence-electron chi connectivity index (χ3n) is 12.0. The second-order valence-corrected chi connectivity index (χ2v) is 18.5. The van der Waals surface area contributed by atoms with E-state index in [1.807, 2.05) is 107 Å². The van der Waals surface area contributed by atoms with E-state index >= 15 is 0 Å². The average Bonchev–Trinajstić information content (AvgIpc) is 3.99. The molecule has 1 saturated heterocycles. The summed E-state index contributed by atoms with van der Waals surface area (Å²) in [6.45, 7) is 10.7. The van der Waals surface area contributed by atoms with Crippen LogP contribution in [0.1, 0.15) is 87.6 Å². The predicted molar refractivity (Wildman–Crippen MR) is 255 cm³/mol. The van der Waals surface area contributed by atoms with Crippen LogP contribution in [0.5, 0.6) is 23.0 Å². The Bertz CT molecular complexity index is 2650. The Morgan fingerprint density at radius 2 is 1.49 bits per heavy atom. The van der Waals surface area contributed by atoms with E-state index in [1.165, 1.54) is 22.9 Å². The summed E-state index contributed by atoms with van der Waals surface area (Å²) < 4.78 is 59.9. The van der Waals surface area contributed by atoms with E-state index in [9.17, 15) is 25.0 Å². The van der Waals surface area contributed by atoms with Gasteiger partial charge in [0.1, 0.15) is 36.2 Å². The van der Waals surface area contributed by atoms with Crippen LogP contribution in [0.25, 0.3) is 0 Å². The molecule has 0 spiro atoms. The molecule has 1 fully saturated rings. The van der Waals surface area contributed by atoms with Gasteiger partial charge in [-0.2, -0.15) is 5.26 Å². The molecule has 7 rings (SSSR count). The molecule has 0 N–H and O–H groups in total. The molecule has 0 radical (unpaired) electrons. The van der Waals surface area contributed by atoms with Gasteiger partial charge >= 0.3 is 5.69 Å². The fourth-order valence-electron chi connectivity index (χ4n) is 8.61. The van der Waals surface area contributed by atoms with Gasteiger partial charge in [-0.25, -0.2) is 14.0 Å². The first-order valence-electron chi connectivity index (χ1n) is 22.6. The van der Waals surface area contributed by atoms with Crippen LogP contribution in [0.4, 0.5) is 5.69 Å². The molecule has 2 aliphatic heterocycles. The van der Waals surface area contributed by atoms with Crippen LogP contribution >= 0.6 is 8.53 Å². The summed E-state index contributed by atoms with van der Waals surface area (Å²) in [5.74, 6) is 1.86. The molecule has 4 aromatic carbocycles. The predicted octanol–water partition coefficient (Wildman–Crippen LogP) is 8.67. The molecule has 18 nitrogen and oxygen atoms in total. The van der Waals surface area contributed by atoms with E-state index in [0.29, 0.717) is 17.2 Å². The molecule has 5 atom stereocenters. The Balaban J connectivity index is 1.28. The normalized spacial score (nSPS) is 17.6. The third kappa shape index (κ3) is 11.0. The highest BCUT2D eigenvalue weighted by molar-refractivity contribution is 7.44. The summed E-state index contributed by atoms with van der Waals surface area (Å²) in [4.78, 5) is 39.8. The Morgan fingerprint density at radius 1 is 0.899 bits per heavy atom. The second kappa shape index (κ2) is 22.5. The molecule has 0 amide bonds. The molecular weight excluding hydrogens is 910 g/mol. The maximum atomic E-state index is 14.5. The summed E-state index contributed by atoms with van der Waals surface area (Å²) in [7, 11) is 1.41. The van der Waals surface area contributed by atoms with Crippen LogP contribution in [0, 0.1) is 28.4 Å². The zero-order chi connectivity index (χ0) is 49.4. The van der Waals surface area contributed by atoms with E-state index in [1.54, 1.807) is 28.1 Å². The van der Waals surface area contributed by atoms with E-state index in [0.717, 1.165) is 21.3 Å². The summed E-state index contributed by atoms with van der Waals surface area (Å²) in [6.07, 6.45) is -1.81. The second-order valence-electron chi connectivity index (χ2n) is 17.1. The quantitative estimate of drug-likeness (QED) is 0.0210. The number of ether oxygens (including phenoxy) is 7. The molecular formula is C50H58N5O13P. The highest BCUT2D eigenvalue weighted by Crippen LogP contribution is 2.51. The molecule has 5 aromatic rings. The minimum atomic E-state index is -1.80. The fourth-order valence-corrected chi connectivity index (χ4v) is 10.4. The number of methoxy groups -OCH3 is 2. The molecule has 3 heterocycles. The number of hydrogen-bond acceptors (Lipinski definition) is 15. The topological polar surface area (TPSA) is 197 Å². The lowest BCUT2D eigenvalue weighted by atomic mass is 9.80. The smallest absolute Gasteiger partial charge is 0.335 e. The molecule has 366 valence electrons.